The molecule has 5 heteroatoms. The van der Waals surface area contributed by atoms with E-state index in [9.17, 15) is 0 Å². The average molecular weight is 263 g/mol. The van der Waals surface area contributed by atoms with Gasteiger partial charge in [0, 0.05) is 54.4 Å². The molecule has 0 heterocycles. The highest BCUT2D eigenvalue weighted by Gasteiger charge is 2.25. The first-order valence-electron chi connectivity index (χ1n) is 6.24. The van der Waals surface area contributed by atoms with E-state index in [0.29, 0.717) is 0 Å². The molecule has 0 N–H and O–H groups in total. The van der Waals surface area contributed by atoms with E-state index in [-0.39, 0.29) is 0 Å². The molecular weight excluding hydrogens is 234 g/mol. The van der Waals surface area contributed by atoms with Gasteiger partial charge in [0.25, 0.3) is 0 Å². The predicted octanol–water partition coefficient (Wildman–Crippen LogP) is 1.72. The van der Waals surface area contributed by atoms with Gasteiger partial charge in [0.15, 0.2) is 11.6 Å². The molecule has 18 heavy (non-hydrogen) atoms. The van der Waals surface area contributed by atoms with Crippen LogP contribution in [0, 0.1) is 0 Å². The highest BCUT2D eigenvalue weighted by Crippen LogP contribution is 2.18. The van der Waals surface area contributed by atoms with Gasteiger partial charge in [0.05, 0.1) is 0 Å². The largest absolute Gasteiger partial charge is 0.353 e. The minimum Gasteiger partial charge on any atom is -0.353 e. The summed E-state index contributed by atoms with van der Waals surface area (Å²) < 4.78 is 21.3. The molecule has 0 saturated heterocycles. The van der Waals surface area contributed by atoms with Gasteiger partial charge < -0.3 is 23.8 Å². The molecule has 110 valence electrons. The van der Waals surface area contributed by atoms with Crippen molar-refractivity contribution < 1.29 is 18.9 Å². The maximum Gasteiger partial charge on any atom is 0.165 e. The number of rotatable bonds is 10. The van der Waals surface area contributed by atoms with Crippen LogP contribution in [0.25, 0.3) is 0 Å². The van der Waals surface area contributed by atoms with Crippen molar-refractivity contribution in [1.29, 1.82) is 0 Å². The highest BCUT2D eigenvalue weighted by atomic mass is 16.7. The second kappa shape index (κ2) is 8.07. The van der Waals surface area contributed by atoms with Crippen LogP contribution in [0.3, 0.4) is 0 Å². The number of methoxy groups -OCH3 is 4. The van der Waals surface area contributed by atoms with E-state index in [2.05, 4.69) is 11.9 Å². The van der Waals surface area contributed by atoms with Gasteiger partial charge in [0.2, 0.25) is 0 Å². The van der Waals surface area contributed by atoms with Gasteiger partial charge in [-0.2, -0.15) is 0 Å². The summed E-state index contributed by atoms with van der Waals surface area (Å²) in [5.74, 6) is -1.03. The van der Waals surface area contributed by atoms with Crippen LogP contribution in [-0.4, -0.2) is 65.1 Å². The minimum absolute atomic E-state index is 0.514. The maximum absolute atomic E-state index is 5.33. The van der Waals surface area contributed by atoms with Crippen molar-refractivity contribution in [2.75, 3.05) is 48.6 Å². The lowest BCUT2D eigenvalue weighted by Gasteiger charge is -2.31. The molecule has 0 rings (SSSR count). The van der Waals surface area contributed by atoms with E-state index in [1.807, 2.05) is 13.8 Å². The van der Waals surface area contributed by atoms with Crippen molar-refractivity contribution in [3.05, 3.63) is 0 Å². The Morgan fingerprint density at radius 1 is 0.722 bits per heavy atom. The topological polar surface area (TPSA) is 40.2 Å². The smallest absolute Gasteiger partial charge is 0.165 e. The summed E-state index contributed by atoms with van der Waals surface area (Å²) in [5, 5.41) is 0. The zero-order valence-electron chi connectivity index (χ0n) is 12.9. The summed E-state index contributed by atoms with van der Waals surface area (Å²) in [6.07, 6.45) is 1.63. The number of ether oxygens (including phenoxy) is 4. The first-order valence-corrected chi connectivity index (χ1v) is 6.24. The Morgan fingerprint density at radius 2 is 1.00 bits per heavy atom. The van der Waals surface area contributed by atoms with Crippen molar-refractivity contribution in [1.82, 2.24) is 4.90 Å². The summed E-state index contributed by atoms with van der Waals surface area (Å²) >= 11 is 0. The van der Waals surface area contributed by atoms with Gasteiger partial charge in [-0.3, -0.25) is 0 Å². The Labute approximate surface area is 111 Å². The van der Waals surface area contributed by atoms with Gasteiger partial charge in [-0.05, 0) is 20.9 Å². The normalized spacial score (nSPS) is 13.3. The zero-order chi connectivity index (χ0) is 14.2. The van der Waals surface area contributed by atoms with Gasteiger partial charge in [0.1, 0.15) is 0 Å². The summed E-state index contributed by atoms with van der Waals surface area (Å²) in [6, 6.07) is 0. The van der Waals surface area contributed by atoms with Crippen molar-refractivity contribution in [3.63, 3.8) is 0 Å². The minimum atomic E-state index is -0.514. The third-order valence-electron chi connectivity index (χ3n) is 3.62. The van der Waals surface area contributed by atoms with Gasteiger partial charge in [-0.1, -0.05) is 0 Å². The van der Waals surface area contributed by atoms with Crippen molar-refractivity contribution >= 4 is 0 Å². The Bertz CT molecular complexity index is 193. The molecule has 0 radical (unpaired) electrons. The third-order valence-corrected chi connectivity index (χ3v) is 3.62. The SMILES string of the molecule is COC(C)(CCN(C)CCC(C)(OC)OC)OC. The van der Waals surface area contributed by atoms with E-state index in [0.717, 1.165) is 25.9 Å². The van der Waals surface area contributed by atoms with Crippen LogP contribution >= 0.6 is 0 Å². The maximum atomic E-state index is 5.33. The summed E-state index contributed by atoms with van der Waals surface area (Å²) in [5.41, 5.74) is 0. The zero-order valence-corrected chi connectivity index (χ0v) is 12.9. The molecule has 0 aliphatic heterocycles. The molecule has 0 fully saturated rings. The number of hydrogen-bond donors (Lipinski definition) is 0. The molecule has 0 saturated carbocycles. The first-order chi connectivity index (χ1) is 8.34. The monoisotopic (exact) mass is 263 g/mol. The lowest BCUT2D eigenvalue weighted by molar-refractivity contribution is -0.203. The molecular formula is C13H29NO4. The lowest BCUT2D eigenvalue weighted by Crippen LogP contribution is -2.38. The Hall–Kier alpha value is -0.200. The fourth-order valence-corrected chi connectivity index (χ4v) is 1.47. The number of hydrogen-bond acceptors (Lipinski definition) is 5. The van der Waals surface area contributed by atoms with E-state index >= 15 is 0 Å². The van der Waals surface area contributed by atoms with Gasteiger partial charge >= 0.3 is 0 Å². The molecule has 0 unspecified atom stereocenters. The van der Waals surface area contributed by atoms with Crippen molar-refractivity contribution in [3.8, 4) is 0 Å². The molecule has 0 bridgehead atoms. The fraction of sp³-hybridized carbons (Fsp3) is 1.00. The summed E-state index contributed by atoms with van der Waals surface area (Å²) in [6.45, 7) is 5.66. The van der Waals surface area contributed by atoms with Crippen LogP contribution in [-0.2, 0) is 18.9 Å². The highest BCUT2D eigenvalue weighted by molar-refractivity contribution is 4.68. The molecule has 0 amide bonds. The first kappa shape index (κ1) is 17.8. The molecule has 0 spiro atoms. The van der Waals surface area contributed by atoms with Gasteiger partial charge in [-0.15, -0.1) is 0 Å². The van der Waals surface area contributed by atoms with Crippen LogP contribution in [0.4, 0.5) is 0 Å². The fourth-order valence-electron chi connectivity index (χ4n) is 1.47. The second-order valence-corrected chi connectivity index (χ2v) is 4.89. The van der Waals surface area contributed by atoms with E-state index in [4.69, 9.17) is 18.9 Å². The van der Waals surface area contributed by atoms with Crippen molar-refractivity contribution in [2.24, 2.45) is 0 Å². The van der Waals surface area contributed by atoms with Crippen LogP contribution in [0.5, 0.6) is 0 Å². The van der Waals surface area contributed by atoms with Crippen molar-refractivity contribution in [2.45, 2.75) is 38.3 Å². The molecule has 0 atom stereocenters. The molecule has 0 aromatic heterocycles. The summed E-state index contributed by atoms with van der Waals surface area (Å²) in [7, 11) is 8.72. The standard InChI is InChI=1S/C13H29NO4/c1-12(15-4,16-5)8-10-14(3)11-9-13(2,17-6)18-7/h8-11H2,1-7H3. The van der Waals surface area contributed by atoms with E-state index in [1.165, 1.54) is 0 Å². The second-order valence-electron chi connectivity index (χ2n) is 4.89. The van der Waals surface area contributed by atoms with E-state index < -0.39 is 11.6 Å². The van der Waals surface area contributed by atoms with Crippen LogP contribution in [0.2, 0.25) is 0 Å². The quantitative estimate of drug-likeness (QED) is 0.561. The number of nitrogens with zero attached hydrogens (tertiary/aromatic N) is 1. The predicted molar refractivity (Wildman–Crippen MR) is 71.6 cm³/mol. The Kier molecular flexibility index (Phi) is 7.98. The summed E-state index contributed by atoms with van der Waals surface area (Å²) in [4.78, 5) is 2.21. The molecule has 0 aliphatic rings. The van der Waals surface area contributed by atoms with Gasteiger partial charge in [-0.25, -0.2) is 0 Å². The molecule has 0 aliphatic carbocycles. The molecule has 0 aromatic rings. The Balaban J connectivity index is 4.02. The third kappa shape index (κ3) is 6.11. The van der Waals surface area contributed by atoms with Crippen LogP contribution < -0.4 is 0 Å². The van der Waals surface area contributed by atoms with Crippen LogP contribution in [0.1, 0.15) is 26.7 Å². The van der Waals surface area contributed by atoms with Crippen LogP contribution in [0.15, 0.2) is 0 Å². The Morgan fingerprint density at radius 3 is 1.22 bits per heavy atom. The van der Waals surface area contributed by atoms with E-state index in [1.54, 1.807) is 28.4 Å². The molecule has 5 nitrogen and oxygen atoms in total. The lowest BCUT2D eigenvalue weighted by atomic mass is 10.2. The average Bonchev–Trinajstić information content (AvgIpc) is 2.42. The molecule has 0 aromatic carbocycles.